The molecule has 2 aliphatic rings. The summed E-state index contributed by atoms with van der Waals surface area (Å²) in [6, 6.07) is 4.96. The fraction of sp³-hybridized carbons (Fsp3) is 0.538. The zero-order chi connectivity index (χ0) is 11.8. The molecule has 0 spiro atoms. The number of rotatable bonds is 1. The summed E-state index contributed by atoms with van der Waals surface area (Å²) in [6.07, 6.45) is 3.70. The minimum absolute atomic E-state index is 0.227. The lowest BCUT2D eigenvalue weighted by molar-refractivity contribution is 0.0257. The molecule has 3 nitrogen and oxygen atoms in total. The summed E-state index contributed by atoms with van der Waals surface area (Å²) in [5.41, 5.74) is 7.43. The van der Waals surface area contributed by atoms with Crippen LogP contribution in [0.3, 0.4) is 0 Å². The SMILES string of the molecule is Nc1ccc(F)cc1N1CCOC2CCCC21. The first kappa shape index (κ1) is 10.8. The Morgan fingerprint density at radius 2 is 2.24 bits per heavy atom. The average Bonchev–Trinajstić information content (AvgIpc) is 2.80. The van der Waals surface area contributed by atoms with Crippen molar-refractivity contribution >= 4 is 11.4 Å². The molecule has 1 aliphatic heterocycles. The summed E-state index contributed by atoms with van der Waals surface area (Å²) in [6.45, 7) is 1.51. The molecule has 0 radical (unpaired) electrons. The molecule has 1 aliphatic carbocycles. The molecular formula is C13H17FN2O. The molecular weight excluding hydrogens is 219 g/mol. The van der Waals surface area contributed by atoms with Crippen molar-refractivity contribution in [1.82, 2.24) is 0 Å². The van der Waals surface area contributed by atoms with Crippen LogP contribution in [0.25, 0.3) is 0 Å². The van der Waals surface area contributed by atoms with Gasteiger partial charge in [0.1, 0.15) is 5.82 Å². The summed E-state index contributed by atoms with van der Waals surface area (Å²) in [4.78, 5) is 2.22. The van der Waals surface area contributed by atoms with Gasteiger partial charge in [-0.2, -0.15) is 0 Å². The second-order valence-electron chi connectivity index (χ2n) is 4.80. The fourth-order valence-electron chi connectivity index (χ4n) is 2.99. The van der Waals surface area contributed by atoms with E-state index in [9.17, 15) is 4.39 Å². The van der Waals surface area contributed by atoms with E-state index in [-0.39, 0.29) is 5.82 Å². The normalized spacial score (nSPS) is 28.2. The maximum atomic E-state index is 13.3. The van der Waals surface area contributed by atoms with E-state index in [2.05, 4.69) is 4.90 Å². The Balaban J connectivity index is 1.94. The van der Waals surface area contributed by atoms with Gasteiger partial charge in [0.15, 0.2) is 0 Å². The van der Waals surface area contributed by atoms with Crippen LogP contribution in [-0.2, 0) is 4.74 Å². The van der Waals surface area contributed by atoms with E-state index in [4.69, 9.17) is 10.5 Å². The molecule has 1 aromatic rings. The highest BCUT2D eigenvalue weighted by Crippen LogP contribution is 2.35. The lowest BCUT2D eigenvalue weighted by Gasteiger charge is -2.39. The second kappa shape index (κ2) is 4.18. The zero-order valence-corrected chi connectivity index (χ0v) is 9.73. The first-order valence-electron chi connectivity index (χ1n) is 6.19. The van der Waals surface area contributed by atoms with Crippen LogP contribution in [0, 0.1) is 5.82 Å². The number of fused-ring (bicyclic) bond motifs is 1. The largest absolute Gasteiger partial charge is 0.397 e. The molecule has 1 saturated carbocycles. The monoisotopic (exact) mass is 236 g/mol. The Morgan fingerprint density at radius 3 is 3.12 bits per heavy atom. The number of morpholine rings is 1. The summed E-state index contributed by atoms with van der Waals surface area (Å²) in [7, 11) is 0. The van der Waals surface area contributed by atoms with Gasteiger partial charge in [0.25, 0.3) is 0 Å². The minimum Gasteiger partial charge on any atom is -0.397 e. The van der Waals surface area contributed by atoms with Crippen molar-refractivity contribution in [3.63, 3.8) is 0 Å². The van der Waals surface area contributed by atoms with Crippen LogP contribution < -0.4 is 10.6 Å². The van der Waals surface area contributed by atoms with Crippen LogP contribution in [0.15, 0.2) is 18.2 Å². The highest BCUT2D eigenvalue weighted by Gasteiger charge is 2.36. The van der Waals surface area contributed by atoms with Crippen LogP contribution in [0.2, 0.25) is 0 Å². The fourth-order valence-corrected chi connectivity index (χ4v) is 2.99. The molecule has 17 heavy (non-hydrogen) atoms. The van der Waals surface area contributed by atoms with Crippen molar-refractivity contribution in [2.45, 2.75) is 31.4 Å². The molecule has 1 heterocycles. The maximum Gasteiger partial charge on any atom is 0.125 e. The van der Waals surface area contributed by atoms with E-state index >= 15 is 0 Å². The molecule has 0 aromatic heterocycles. The van der Waals surface area contributed by atoms with Crippen molar-refractivity contribution in [3.05, 3.63) is 24.0 Å². The van der Waals surface area contributed by atoms with Crippen LogP contribution in [0.1, 0.15) is 19.3 Å². The quantitative estimate of drug-likeness (QED) is 0.759. The van der Waals surface area contributed by atoms with E-state index in [0.29, 0.717) is 24.4 Å². The average molecular weight is 236 g/mol. The van der Waals surface area contributed by atoms with Crippen LogP contribution >= 0.6 is 0 Å². The van der Waals surface area contributed by atoms with Gasteiger partial charge < -0.3 is 15.4 Å². The van der Waals surface area contributed by atoms with Gasteiger partial charge in [-0.15, -0.1) is 0 Å². The van der Waals surface area contributed by atoms with Gasteiger partial charge in [-0.3, -0.25) is 0 Å². The Bertz CT molecular complexity index is 424. The number of anilines is 2. The first-order valence-corrected chi connectivity index (χ1v) is 6.19. The summed E-state index contributed by atoms with van der Waals surface area (Å²) in [5.74, 6) is -0.227. The summed E-state index contributed by atoms with van der Waals surface area (Å²) >= 11 is 0. The molecule has 2 N–H and O–H groups in total. The van der Waals surface area contributed by atoms with Crippen LogP contribution in [-0.4, -0.2) is 25.3 Å². The maximum absolute atomic E-state index is 13.3. The molecule has 2 unspecified atom stereocenters. The van der Waals surface area contributed by atoms with E-state index in [1.54, 1.807) is 6.07 Å². The minimum atomic E-state index is -0.227. The van der Waals surface area contributed by atoms with Gasteiger partial charge in [0.2, 0.25) is 0 Å². The highest BCUT2D eigenvalue weighted by molar-refractivity contribution is 5.68. The first-order chi connectivity index (χ1) is 8.25. The number of ether oxygens (including phenoxy) is 1. The third-order valence-corrected chi connectivity index (χ3v) is 3.78. The van der Waals surface area contributed by atoms with Gasteiger partial charge in [0.05, 0.1) is 30.1 Å². The van der Waals surface area contributed by atoms with E-state index in [1.807, 2.05) is 0 Å². The Labute approximate surface area is 100 Å². The van der Waals surface area contributed by atoms with Crippen LogP contribution in [0.5, 0.6) is 0 Å². The second-order valence-corrected chi connectivity index (χ2v) is 4.80. The Morgan fingerprint density at radius 1 is 1.35 bits per heavy atom. The molecule has 92 valence electrons. The van der Waals surface area contributed by atoms with Crippen molar-refractivity contribution < 1.29 is 9.13 Å². The number of nitrogens with two attached hydrogens (primary N) is 1. The molecule has 0 amide bonds. The van der Waals surface area contributed by atoms with E-state index < -0.39 is 0 Å². The third-order valence-electron chi connectivity index (χ3n) is 3.78. The standard InChI is InChI=1S/C13H17FN2O/c14-9-4-5-10(15)12(8-9)16-6-7-17-13-3-1-2-11(13)16/h4-5,8,11,13H,1-3,6-7,15H2. The van der Waals surface area contributed by atoms with Gasteiger partial charge in [-0.25, -0.2) is 4.39 Å². The Hall–Kier alpha value is -1.29. The predicted octanol–water partition coefficient (Wildman–Crippen LogP) is 2.17. The number of hydrogen-bond acceptors (Lipinski definition) is 3. The van der Waals surface area contributed by atoms with Crippen molar-refractivity contribution in [1.29, 1.82) is 0 Å². The van der Waals surface area contributed by atoms with Crippen LogP contribution in [0.4, 0.5) is 15.8 Å². The molecule has 1 saturated heterocycles. The van der Waals surface area contributed by atoms with Crippen molar-refractivity contribution in [2.75, 3.05) is 23.8 Å². The van der Waals surface area contributed by atoms with E-state index in [0.717, 1.165) is 25.1 Å². The lowest BCUT2D eigenvalue weighted by atomic mass is 10.1. The summed E-state index contributed by atoms with van der Waals surface area (Å²) in [5, 5.41) is 0. The van der Waals surface area contributed by atoms with Gasteiger partial charge >= 0.3 is 0 Å². The predicted molar refractivity (Wildman–Crippen MR) is 65.5 cm³/mol. The van der Waals surface area contributed by atoms with Crippen molar-refractivity contribution in [3.8, 4) is 0 Å². The van der Waals surface area contributed by atoms with Gasteiger partial charge in [-0.05, 0) is 37.5 Å². The Kier molecular flexibility index (Phi) is 2.67. The molecule has 1 aromatic carbocycles. The molecule has 2 fully saturated rings. The van der Waals surface area contributed by atoms with Gasteiger partial charge in [-0.1, -0.05) is 0 Å². The topological polar surface area (TPSA) is 38.5 Å². The number of halogens is 1. The number of nitrogens with zero attached hydrogens (tertiary/aromatic N) is 1. The molecule has 0 bridgehead atoms. The van der Waals surface area contributed by atoms with Gasteiger partial charge in [0, 0.05) is 6.54 Å². The highest BCUT2D eigenvalue weighted by atomic mass is 19.1. The number of hydrogen-bond donors (Lipinski definition) is 1. The molecule has 2 atom stereocenters. The number of nitrogen functional groups attached to an aromatic ring is 1. The number of benzene rings is 1. The van der Waals surface area contributed by atoms with Crippen molar-refractivity contribution in [2.24, 2.45) is 0 Å². The molecule has 3 rings (SSSR count). The smallest absolute Gasteiger partial charge is 0.125 e. The zero-order valence-electron chi connectivity index (χ0n) is 9.73. The van der Waals surface area contributed by atoms with E-state index in [1.165, 1.54) is 18.6 Å². The molecule has 4 heteroatoms. The summed E-state index contributed by atoms with van der Waals surface area (Å²) < 4.78 is 19.1. The lowest BCUT2D eigenvalue weighted by Crippen LogP contribution is -2.48. The third kappa shape index (κ3) is 1.86.